The maximum atomic E-state index is 13.7. The minimum absolute atomic E-state index is 0.479. The van der Waals surface area contributed by atoms with Crippen molar-refractivity contribution in [1.82, 2.24) is 0 Å². The first-order valence-electron chi connectivity index (χ1n) is 9.60. The first-order chi connectivity index (χ1) is 11.0. The molecule has 1 heterocycles. The minimum Gasteiger partial charge on any atom is -0.372 e. The van der Waals surface area contributed by atoms with Gasteiger partial charge in [-0.15, -0.1) is 0 Å². The molecule has 2 rings (SSSR count). The molecule has 1 fully saturated rings. The van der Waals surface area contributed by atoms with Gasteiger partial charge in [-0.25, -0.2) is 0 Å². The van der Waals surface area contributed by atoms with Crippen molar-refractivity contribution in [3.63, 3.8) is 0 Å². The Kier molecular flexibility index (Phi) is 5.91. The second-order valence-corrected chi connectivity index (χ2v) is 17.6. The molecule has 0 N–H and O–H groups in total. The Morgan fingerprint density at radius 1 is 0.696 bits per heavy atom. The molecular weight excluding hydrogens is 316 g/mol. The molecule has 130 valence electrons. The van der Waals surface area contributed by atoms with E-state index in [-0.39, 0.29) is 0 Å². The van der Waals surface area contributed by atoms with E-state index in [0.717, 1.165) is 0 Å². The van der Waals surface area contributed by atoms with Crippen LogP contribution in [0.4, 0.5) is 0 Å². The molecule has 0 aromatic heterocycles. The zero-order valence-electron chi connectivity index (χ0n) is 16.0. The number of allylic oxidation sites excluding steroid dienone is 2. The van der Waals surface area contributed by atoms with Gasteiger partial charge in [0.05, 0.1) is 29.4 Å². The van der Waals surface area contributed by atoms with E-state index in [1.54, 1.807) is 0 Å². The van der Waals surface area contributed by atoms with Gasteiger partial charge >= 0.3 is 0 Å². The van der Waals surface area contributed by atoms with Crippen LogP contribution in [-0.2, 0) is 9.53 Å². The van der Waals surface area contributed by atoms with Crippen molar-refractivity contribution in [2.75, 3.05) is 13.2 Å². The highest BCUT2D eigenvalue weighted by atomic mass is 28.3. The fraction of sp³-hybridized carbons (Fsp3) is 0.737. The topological polar surface area (TPSA) is 26.3 Å². The third-order valence-corrected chi connectivity index (χ3v) is 18.3. The van der Waals surface area contributed by atoms with Gasteiger partial charge in [0.1, 0.15) is 0 Å². The molecule has 0 radical (unpaired) electrons. The van der Waals surface area contributed by atoms with Gasteiger partial charge in [0.25, 0.3) is 0 Å². The average molecular weight is 351 g/mol. The summed E-state index contributed by atoms with van der Waals surface area (Å²) in [5.41, 5.74) is 2.68. The molecule has 1 saturated heterocycles. The Labute approximate surface area is 144 Å². The van der Waals surface area contributed by atoms with Gasteiger partial charge in [0.15, 0.2) is 5.78 Å². The normalized spacial score (nSPS) is 19.1. The van der Waals surface area contributed by atoms with Crippen molar-refractivity contribution in [3.05, 3.63) is 21.5 Å². The van der Waals surface area contributed by atoms with Gasteiger partial charge in [-0.05, 0) is 21.5 Å². The number of hydrogen-bond acceptors (Lipinski definition) is 2. The average Bonchev–Trinajstić information content (AvgIpc) is 3.15. The van der Waals surface area contributed by atoms with Crippen LogP contribution in [0.3, 0.4) is 0 Å². The highest BCUT2D eigenvalue weighted by molar-refractivity contribution is 6.97. The summed E-state index contributed by atoms with van der Waals surface area (Å²) in [6, 6.07) is 7.11. The smallest absolute Gasteiger partial charge is 0.177 e. The highest BCUT2D eigenvalue weighted by Gasteiger charge is 2.50. The fourth-order valence-electron chi connectivity index (χ4n) is 4.96. The largest absolute Gasteiger partial charge is 0.372 e. The van der Waals surface area contributed by atoms with E-state index in [4.69, 9.17) is 4.74 Å². The molecule has 1 aliphatic heterocycles. The predicted octanol–water partition coefficient (Wildman–Crippen LogP) is 5.29. The zero-order chi connectivity index (χ0) is 17.3. The zero-order valence-corrected chi connectivity index (χ0v) is 18.0. The van der Waals surface area contributed by atoms with E-state index in [2.05, 4.69) is 41.5 Å². The van der Waals surface area contributed by atoms with E-state index in [1.165, 1.54) is 57.8 Å². The maximum Gasteiger partial charge on any atom is 0.177 e. The monoisotopic (exact) mass is 350 g/mol. The molecule has 0 aromatic carbocycles. The summed E-state index contributed by atoms with van der Waals surface area (Å²) in [6.45, 7) is 15.2. The molecule has 1 aliphatic carbocycles. The van der Waals surface area contributed by atoms with Gasteiger partial charge in [-0.3, -0.25) is 4.79 Å². The van der Waals surface area contributed by atoms with Crippen molar-refractivity contribution < 1.29 is 9.53 Å². The van der Waals surface area contributed by atoms with Crippen molar-refractivity contribution >= 4 is 21.9 Å². The van der Waals surface area contributed by atoms with Crippen LogP contribution < -0.4 is 0 Å². The molecule has 0 bridgehead atoms. The van der Waals surface area contributed by atoms with Crippen LogP contribution in [-0.4, -0.2) is 35.1 Å². The van der Waals surface area contributed by atoms with Crippen molar-refractivity contribution in [2.45, 2.75) is 77.8 Å². The molecule has 0 amide bonds. The second kappa shape index (κ2) is 7.20. The van der Waals surface area contributed by atoms with Gasteiger partial charge in [0.2, 0.25) is 0 Å². The van der Waals surface area contributed by atoms with Gasteiger partial charge in [0, 0.05) is 0 Å². The van der Waals surface area contributed by atoms with Crippen LogP contribution in [0.5, 0.6) is 0 Å². The number of carbonyl (C=O) groups is 1. The molecule has 2 aliphatic rings. The molecule has 0 unspecified atom stereocenters. The maximum absolute atomic E-state index is 13.7. The van der Waals surface area contributed by atoms with Crippen LogP contribution in [0.2, 0.25) is 36.3 Å². The molecule has 23 heavy (non-hydrogen) atoms. The summed E-state index contributed by atoms with van der Waals surface area (Å²) < 4.78 is 5.85. The SMILES string of the molecule is CC[Si](CC)(CC)C1=C2COCC2=C([Si](CC)(CC)CC)C1=O. The molecule has 0 aromatic rings. The number of rotatable bonds is 8. The van der Waals surface area contributed by atoms with Crippen LogP contribution in [0, 0.1) is 0 Å². The molecule has 4 heteroatoms. The summed E-state index contributed by atoms with van der Waals surface area (Å²) in [7, 11) is -3.32. The number of ether oxygens (including phenoxy) is 1. The van der Waals surface area contributed by atoms with Crippen molar-refractivity contribution in [1.29, 1.82) is 0 Å². The Bertz CT molecular complexity index is 475. The molecule has 2 nitrogen and oxygen atoms in total. The number of ketones is 1. The lowest BCUT2D eigenvalue weighted by Crippen LogP contribution is -2.43. The Hall–Kier alpha value is -0.456. The van der Waals surface area contributed by atoms with Gasteiger partial charge < -0.3 is 4.74 Å². The van der Waals surface area contributed by atoms with Crippen LogP contribution in [0.25, 0.3) is 0 Å². The Morgan fingerprint density at radius 3 is 1.26 bits per heavy atom. The van der Waals surface area contributed by atoms with E-state index in [1.807, 2.05) is 0 Å². The molecule has 0 atom stereocenters. The van der Waals surface area contributed by atoms with Crippen LogP contribution in [0.1, 0.15) is 41.5 Å². The quantitative estimate of drug-likeness (QED) is 0.556. The van der Waals surface area contributed by atoms with Crippen LogP contribution in [0.15, 0.2) is 21.5 Å². The van der Waals surface area contributed by atoms with E-state index >= 15 is 0 Å². The lowest BCUT2D eigenvalue weighted by Gasteiger charge is -2.33. The minimum atomic E-state index is -1.66. The van der Waals surface area contributed by atoms with Crippen LogP contribution >= 0.6 is 0 Å². The highest BCUT2D eigenvalue weighted by Crippen LogP contribution is 2.47. The molecule has 0 saturated carbocycles. The van der Waals surface area contributed by atoms with Crippen molar-refractivity contribution in [3.8, 4) is 0 Å². The molecule has 0 spiro atoms. The number of carbonyl (C=O) groups excluding carboxylic acids is 1. The Balaban J connectivity index is 2.62. The van der Waals surface area contributed by atoms with E-state index < -0.39 is 16.1 Å². The fourth-order valence-corrected chi connectivity index (χ4v) is 13.1. The van der Waals surface area contributed by atoms with E-state index in [9.17, 15) is 4.79 Å². The lowest BCUT2D eigenvalue weighted by molar-refractivity contribution is -0.111. The van der Waals surface area contributed by atoms with Crippen molar-refractivity contribution in [2.24, 2.45) is 0 Å². The number of Topliss-reactive ketones (excluding diaryl/α,β-unsaturated/α-hetero) is 1. The second-order valence-electron chi connectivity index (χ2n) is 7.21. The summed E-state index contributed by atoms with van der Waals surface area (Å²) in [5, 5.41) is 2.56. The molecular formula is C19H34O2Si2. The summed E-state index contributed by atoms with van der Waals surface area (Å²) in [6.07, 6.45) is 0. The summed E-state index contributed by atoms with van der Waals surface area (Å²) in [5.74, 6) is 0.479. The summed E-state index contributed by atoms with van der Waals surface area (Å²) >= 11 is 0. The number of hydrogen-bond donors (Lipinski definition) is 0. The first-order valence-corrected chi connectivity index (χ1v) is 14.8. The number of fused-ring (bicyclic) bond motifs is 1. The Morgan fingerprint density at radius 2 is 1.00 bits per heavy atom. The summed E-state index contributed by atoms with van der Waals surface area (Å²) in [4.78, 5) is 13.7. The third kappa shape index (κ3) is 2.67. The predicted molar refractivity (Wildman–Crippen MR) is 104 cm³/mol. The third-order valence-electron chi connectivity index (χ3n) is 7.04. The first kappa shape index (κ1) is 18.9. The van der Waals surface area contributed by atoms with Gasteiger partial charge in [-0.1, -0.05) is 77.8 Å². The van der Waals surface area contributed by atoms with Gasteiger partial charge in [-0.2, -0.15) is 0 Å². The standard InChI is InChI=1S/C19H34O2Si2/c1-7-22(8-2,9-3)18-15-13-21-14-16(15)19(17(18)20)23(10-4,11-5)12-6/h7-14H2,1-6H3. The lowest BCUT2D eigenvalue weighted by atomic mass is 10.2. The van der Waals surface area contributed by atoms with E-state index in [0.29, 0.717) is 19.0 Å².